The van der Waals surface area contributed by atoms with Crippen molar-refractivity contribution in [2.45, 2.75) is 103 Å². The Labute approximate surface area is 838 Å². The summed E-state index contributed by atoms with van der Waals surface area (Å²) in [4.78, 5) is 48.2. The van der Waals surface area contributed by atoms with Crippen molar-refractivity contribution >= 4 is 238 Å². The van der Waals surface area contributed by atoms with Crippen LogP contribution in [0.3, 0.4) is 0 Å². The highest BCUT2D eigenvalue weighted by Crippen LogP contribution is 2.33. The van der Waals surface area contributed by atoms with E-state index in [0.717, 1.165) is 161 Å². The Morgan fingerprint density at radius 3 is 1.56 bits per heavy atom. The van der Waals surface area contributed by atoms with Gasteiger partial charge in [0, 0.05) is 106 Å². The van der Waals surface area contributed by atoms with Crippen LogP contribution in [0.25, 0.3) is 117 Å². The molecule has 143 heavy (non-hydrogen) atoms. The number of aliphatic imine (C=N–C) groups is 2. The summed E-state index contributed by atoms with van der Waals surface area (Å²) in [7, 11) is 0. The van der Waals surface area contributed by atoms with E-state index in [9.17, 15) is 0 Å². The molecule has 0 unspecified atom stereocenters. The van der Waals surface area contributed by atoms with E-state index >= 15 is 0 Å². The molecule has 0 spiro atoms. The molecule has 0 atom stereocenters. The molecule has 0 radical (unpaired) electrons. The van der Waals surface area contributed by atoms with Crippen LogP contribution in [0.2, 0.25) is 0 Å². The Morgan fingerprint density at radius 2 is 0.853 bits per heavy atom. The number of nitrogens with one attached hydrogen (secondary N) is 3. The fraction of sp³-hybridized carbons (Fsp3) is 0.142. The van der Waals surface area contributed by atoms with Gasteiger partial charge < -0.3 is 107 Å². The summed E-state index contributed by atoms with van der Waals surface area (Å²) in [6.07, 6.45) is 10.2. The molecule has 24 aromatic rings. The lowest BCUT2D eigenvalue weighted by Crippen LogP contribution is -2.10. The molecule has 17 aromatic heterocycles. The second-order valence-electron chi connectivity index (χ2n) is 33.7. The number of H-pyrrole nitrogens is 3. The van der Waals surface area contributed by atoms with E-state index in [0.29, 0.717) is 75.4 Å². The third-order valence-electron chi connectivity index (χ3n) is 22.0. The number of thiophene rings is 2. The maximum atomic E-state index is 5.74. The molecule has 19 heterocycles. The first-order valence-corrected chi connectivity index (χ1v) is 48.0. The fourth-order valence-corrected chi connectivity index (χ4v) is 18.3. The van der Waals surface area contributed by atoms with Gasteiger partial charge in [-0.05, 0) is 274 Å². The van der Waals surface area contributed by atoms with E-state index in [1.54, 1.807) is 65.9 Å². The van der Waals surface area contributed by atoms with Crippen LogP contribution in [-0.2, 0) is 13.1 Å². The number of anilines is 11. The molecular formula is C106H111N29O4S4. The number of rotatable bonds is 0. The number of nitrogen functional groups attached to an aromatic ring is 11. The summed E-state index contributed by atoms with van der Waals surface area (Å²) in [5.41, 5.74) is 95.0. The van der Waals surface area contributed by atoms with Gasteiger partial charge in [-0.1, -0.05) is 99.3 Å². The number of fused-ring (bicyclic) bond motifs is 13. The van der Waals surface area contributed by atoms with Crippen molar-refractivity contribution in [2.75, 3.05) is 63.1 Å². The second kappa shape index (κ2) is 45.8. The minimum Gasteiger partial charge on any atom is -0.461 e. The number of hydrogen-bond donors (Lipinski definition) is 16. The minimum absolute atomic E-state index is 0.454. The summed E-state index contributed by atoms with van der Waals surface area (Å²) >= 11 is 6.34. The number of para-hydroxylation sites is 1. The Hall–Kier alpha value is -17.6. The maximum absolute atomic E-state index is 5.74. The zero-order valence-electron chi connectivity index (χ0n) is 81.0. The lowest BCUT2D eigenvalue weighted by Gasteiger charge is -1.99. The number of imidazole rings is 1. The first-order valence-electron chi connectivity index (χ1n) is 44.8. The largest absolute Gasteiger partial charge is 0.461 e. The van der Waals surface area contributed by atoms with Crippen molar-refractivity contribution in [3.8, 4) is 0 Å². The Balaban J connectivity index is 0.000000123. The molecular weight excluding hydrogens is 1870 g/mol. The van der Waals surface area contributed by atoms with E-state index in [4.69, 9.17) is 92.4 Å². The summed E-state index contributed by atoms with van der Waals surface area (Å²) < 4.78 is 33.3. The van der Waals surface area contributed by atoms with Crippen LogP contribution in [0.15, 0.2) is 265 Å². The van der Waals surface area contributed by atoms with Crippen molar-refractivity contribution in [3.05, 3.63) is 331 Å². The molecule has 2 aliphatic rings. The van der Waals surface area contributed by atoms with E-state index in [2.05, 4.69) is 199 Å². The molecule has 0 bridgehead atoms. The number of pyridine rings is 6. The Bertz CT molecular complexity index is 7720. The van der Waals surface area contributed by atoms with Crippen LogP contribution in [0.4, 0.5) is 63.9 Å². The van der Waals surface area contributed by atoms with Crippen LogP contribution in [0, 0.1) is 90.0 Å². The van der Waals surface area contributed by atoms with Gasteiger partial charge in [0.05, 0.1) is 65.6 Å². The van der Waals surface area contributed by atoms with Crippen molar-refractivity contribution < 1.29 is 17.9 Å². The molecule has 37 heteroatoms. The molecule has 0 aliphatic carbocycles. The number of furan rings is 2. The molecule has 728 valence electrons. The number of aromatic amines is 3. The van der Waals surface area contributed by atoms with Crippen molar-refractivity contribution in [1.82, 2.24) is 68.9 Å². The zero-order valence-corrected chi connectivity index (χ0v) is 84.3. The summed E-state index contributed by atoms with van der Waals surface area (Å²) in [6.45, 7) is 27.6. The topological polar surface area (TPSA) is 605 Å². The smallest absolute Gasteiger partial charge is 0.176 e. The number of aromatic nitrogens is 14. The number of benzene rings is 7. The van der Waals surface area contributed by atoms with Crippen LogP contribution in [-0.4, -0.2) is 80.6 Å². The van der Waals surface area contributed by atoms with Gasteiger partial charge in [-0.3, -0.25) is 9.98 Å². The predicted molar refractivity (Wildman–Crippen MR) is 595 cm³/mol. The van der Waals surface area contributed by atoms with Gasteiger partial charge in [0.1, 0.15) is 75.0 Å². The Kier molecular flexibility index (Phi) is 32.5. The summed E-state index contributed by atoms with van der Waals surface area (Å²) in [6, 6.07) is 65.9. The SMILES string of the molecule is Cc1cc2c(N)nccc2[nH]1.Cc1cc2c(N)nccc2o1.Cc1cc2c(N)nccc2s1.Cc1cc2cccc(N)c2[nH]1.Cc1cc2ccnc(N)c2o1.Cc1cc2ccnc(N)c2s1.Cc1ccc2c(N)noc2c1.Cc1ccc2c(N)nsc2c1.Cc1ccc2c(c1)C(N)=NC2.Cc1ccc2c(c1)CN=C2N.Cc1ccc2onc(N)c2c1.Cc1ccc2snc(N)c2c1.Cc1nc2c(N)nccc2[nH]1. The van der Waals surface area contributed by atoms with E-state index in [1.165, 1.54) is 86.4 Å². The Morgan fingerprint density at radius 1 is 0.315 bits per heavy atom. The first-order chi connectivity index (χ1) is 68.5. The lowest BCUT2D eigenvalue weighted by atomic mass is 10.1. The molecule has 29 N–H and O–H groups in total. The maximum Gasteiger partial charge on any atom is 0.176 e. The molecule has 7 aromatic carbocycles. The molecule has 26 rings (SSSR count). The van der Waals surface area contributed by atoms with Gasteiger partial charge in [-0.2, -0.15) is 8.75 Å². The van der Waals surface area contributed by atoms with Crippen LogP contribution < -0.4 is 74.5 Å². The highest BCUT2D eigenvalue weighted by atomic mass is 32.1. The van der Waals surface area contributed by atoms with Gasteiger partial charge in [0.15, 0.2) is 40.0 Å². The quantitative estimate of drug-likeness (QED) is 0.0627. The number of nitrogens with two attached hydrogens (primary N) is 13. The number of hydrogen-bond acceptors (Lipinski definition) is 34. The summed E-state index contributed by atoms with van der Waals surface area (Å²) in [5.74, 6) is 9.48. The van der Waals surface area contributed by atoms with Gasteiger partial charge in [-0.15, -0.1) is 22.7 Å². The molecule has 0 amide bonds. The highest BCUT2D eigenvalue weighted by Gasteiger charge is 2.16. The average Bonchev–Trinajstić information content (AvgIpc) is 1.68. The number of nitrogens with zero attached hydrogens (tertiary/aromatic N) is 13. The molecule has 0 saturated heterocycles. The molecule has 0 fully saturated rings. The van der Waals surface area contributed by atoms with Gasteiger partial charge in [-0.25, -0.2) is 34.9 Å². The van der Waals surface area contributed by atoms with Crippen molar-refractivity contribution in [1.29, 1.82) is 0 Å². The predicted octanol–water partition coefficient (Wildman–Crippen LogP) is 22.4. The van der Waals surface area contributed by atoms with Crippen LogP contribution in [0.5, 0.6) is 0 Å². The standard InChI is InChI=1S/3C9H10N2.C8H9N3.4C8H8N2O.4C8H8N2S.C7H8N4/c1-6-2-3-8-7(4-6)5-11-9(8)10;1-6-2-3-7-5-11-9(10)8(7)4-6;1-6-5-7-3-2-4-8(10)9(7)11-6;2*1-5-4-6-7(11-5)2-3-10-8(6)9;1-5-4-6-2-3-10-8(9)7(6)11-5;1-5-2-3-7-6(4-5)8(9)10-11-7;1-5-2-3-6-7(4-5)11-10-8(6)9;1-5-4-6-7(11-5)2-3-10-8(6)9;1-5-4-6-2-3-10-8(9)7(6)11-5;1-5-2-3-7-6(4-5)8(9)10-11-7;1-5-2-3-6-7(4-5)11-10-8(6)9;1-4-10-5-2-3-9-7(8)6(5)11-4/h2*2-4H,5H2,1H3,(H2,10,11);2-5,11H,10H2,1H3;2-4,11H,1H3,(H2,9,10);8*2-4H,1H3,(H2,9,10);2-3H,1H3,(H2,8,9)(H,10,11). The van der Waals surface area contributed by atoms with Crippen molar-refractivity contribution in [2.24, 2.45) is 21.5 Å². The van der Waals surface area contributed by atoms with Crippen molar-refractivity contribution in [3.63, 3.8) is 0 Å². The third-order valence-corrected chi connectivity index (χ3v) is 25.8. The monoisotopic (exact) mass is 1980 g/mol. The average molecular weight is 1980 g/mol. The normalized spacial score (nSPS) is 11.2. The van der Waals surface area contributed by atoms with Crippen LogP contribution >= 0.6 is 45.7 Å². The summed E-state index contributed by atoms with van der Waals surface area (Å²) in [5, 5.41) is 17.6. The molecule has 0 saturated carbocycles. The van der Waals surface area contributed by atoms with E-state index < -0.39 is 0 Å². The lowest BCUT2D eigenvalue weighted by molar-refractivity contribution is 0.460. The van der Waals surface area contributed by atoms with Crippen LogP contribution in [0.1, 0.15) is 94.1 Å². The fourth-order valence-electron chi connectivity index (χ4n) is 15.0. The number of aryl methyl sites for hydroxylation is 13. The van der Waals surface area contributed by atoms with Gasteiger partial charge in [0.2, 0.25) is 0 Å². The van der Waals surface area contributed by atoms with E-state index in [-0.39, 0.29) is 0 Å². The third kappa shape index (κ3) is 25.9. The molecule has 33 nitrogen and oxygen atoms in total. The molecule has 2 aliphatic heterocycles. The van der Waals surface area contributed by atoms with E-state index in [1.807, 2.05) is 164 Å². The minimum atomic E-state index is 0.454. The second-order valence-corrected chi connectivity index (χ2v) is 37.8. The number of amidine groups is 2. The highest BCUT2D eigenvalue weighted by molar-refractivity contribution is 7.19. The zero-order chi connectivity index (χ0) is 102. The van der Waals surface area contributed by atoms with Gasteiger partial charge >= 0.3 is 0 Å². The van der Waals surface area contributed by atoms with Gasteiger partial charge in [0.25, 0.3) is 0 Å². The first kappa shape index (κ1) is 101.